The van der Waals surface area contributed by atoms with Crippen LogP contribution in [0.2, 0.25) is 0 Å². The van der Waals surface area contributed by atoms with Gasteiger partial charge in [-0.3, -0.25) is 0 Å². The van der Waals surface area contributed by atoms with Crippen molar-refractivity contribution in [2.75, 3.05) is 6.61 Å². The molecule has 1 aliphatic heterocycles. The van der Waals surface area contributed by atoms with Gasteiger partial charge in [0, 0.05) is 18.5 Å². The zero-order valence-electron chi connectivity index (χ0n) is 9.78. The van der Waals surface area contributed by atoms with Crippen molar-refractivity contribution < 1.29 is 4.74 Å². The lowest BCUT2D eigenvalue weighted by Crippen LogP contribution is -2.18. The third-order valence-electron chi connectivity index (χ3n) is 3.07. The van der Waals surface area contributed by atoms with Crippen molar-refractivity contribution in [1.82, 2.24) is 0 Å². The molecule has 0 aromatic heterocycles. The number of benzene rings is 1. The zero-order valence-corrected chi connectivity index (χ0v) is 9.78. The van der Waals surface area contributed by atoms with Crippen LogP contribution in [-0.2, 0) is 6.42 Å². The Balaban J connectivity index is 2.03. The molecule has 0 bridgehead atoms. The van der Waals surface area contributed by atoms with E-state index in [-0.39, 0.29) is 12.1 Å². The lowest BCUT2D eigenvalue weighted by Gasteiger charge is -2.14. The maximum absolute atomic E-state index is 6.14. The van der Waals surface area contributed by atoms with Gasteiger partial charge in [-0.1, -0.05) is 12.1 Å². The average Bonchev–Trinajstić information content (AvgIpc) is 2.72. The van der Waals surface area contributed by atoms with E-state index in [1.54, 1.807) is 0 Å². The Kier molecular flexibility index (Phi) is 3.46. The van der Waals surface area contributed by atoms with Crippen molar-refractivity contribution in [3.05, 3.63) is 29.3 Å². The maximum atomic E-state index is 6.14. The van der Waals surface area contributed by atoms with Crippen molar-refractivity contribution in [3.63, 3.8) is 0 Å². The minimum atomic E-state index is 0.0944. The molecule has 0 radical (unpaired) electrons. The summed E-state index contributed by atoms with van der Waals surface area (Å²) in [7, 11) is 0. The first-order chi connectivity index (χ1) is 7.66. The van der Waals surface area contributed by atoms with Crippen LogP contribution in [0.15, 0.2) is 18.2 Å². The fourth-order valence-corrected chi connectivity index (χ4v) is 2.05. The Labute approximate surface area is 96.8 Å². The summed E-state index contributed by atoms with van der Waals surface area (Å²) in [4.78, 5) is 0. The van der Waals surface area contributed by atoms with E-state index in [0.29, 0.717) is 0 Å². The molecule has 2 atom stereocenters. The molecule has 2 unspecified atom stereocenters. The number of nitrogens with two attached hydrogens (primary N) is 2. The molecule has 0 fully saturated rings. The van der Waals surface area contributed by atoms with Gasteiger partial charge in [0.2, 0.25) is 0 Å². The Hall–Kier alpha value is -1.06. The van der Waals surface area contributed by atoms with Crippen molar-refractivity contribution in [2.45, 2.75) is 38.3 Å². The van der Waals surface area contributed by atoms with Gasteiger partial charge in [-0.15, -0.1) is 0 Å². The zero-order chi connectivity index (χ0) is 11.5. The highest BCUT2D eigenvalue weighted by Crippen LogP contribution is 2.28. The minimum absolute atomic E-state index is 0.0944. The van der Waals surface area contributed by atoms with Gasteiger partial charge in [0.25, 0.3) is 0 Å². The molecule has 1 aromatic rings. The lowest BCUT2D eigenvalue weighted by molar-refractivity contribution is 0.356. The summed E-state index contributed by atoms with van der Waals surface area (Å²) in [6.07, 6.45) is 2.91. The van der Waals surface area contributed by atoms with Gasteiger partial charge in [0.1, 0.15) is 5.75 Å². The van der Waals surface area contributed by atoms with Crippen LogP contribution in [-0.4, -0.2) is 12.6 Å². The second-order valence-corrected chi connectivity index (χ2v) is 4.63. The summed E-state index contributed by atoms with van der Waals surface area (Å²) >= 11 is 0. The van der Waals surface area contributed by atoms with Gasteiger partial charge in [0.05, 0.1) is 6.61 Å². The first-order valence-electron chi connectivity index (χ1n) is 5.93. The van der Waals surface area contributed by atoms with Crippen LogP contribution in [0.5, 0.6) is 5.75 Å². The quantitative estimate of drug-likeness (QED) is 0.812. The largest absolute Gasteiger partial charge is 0.493 e. The van der Waals surface area contributed by atoms with E-state index in [9.17, 15) is 0 Å². The molecule has 0 spiro atoms. The summed E-state index contributed by atoms with van der Waals surface area (Å²) < 4.78 is 5.47. The SMILES string of the molecule is CC(N)CCC(N)c1ccc2c(c1)CCO2. The van der Waals surface area contributed by atoms with Gasteiger partial charge in [0.15, 0.2) is 0 Å². The van der Waals surface area contributed by atoms with Crippen LogP contribution in [0.4, 0.5) is 0 Å². The predicted molar refractivity (Wildman–Crippen MR) is 65.5 cm³/mol. The van der Waals surface area contributed by atoms with Gasteiger partial charge in [-0.25, -0.2) is 0 Å². The number of ether oxygens (including phenoxy) is 1. The second kappa shape index (κ2) is 4.85. The molecule has 1 heterocycles. The maximum Gasteiger partial charge on any atom is 0.122 e. The Morgan fingerprint density at radius 3 is 2.88 bits per heavy atom. The molecular weight excluding hydrogens is 200 g/mol. The molecule has 2 rings (SSSR count). The number of fused-ring (bicyclic) bond motifs is 1. The molecule has 4 N–H and O–H groups in total. The smallest absolute Gasteiger partial charge is 0.122 e. The molecule has 0 saturated heterocycles. The Morgan fingerprint density at radius 1 is 1.31 bits per heavy atom. The highest BCUT2D eigenvalue weighted by Gasteiger charge is 2.14. The number of rotatable bonds is 4. The molecule has 16 heavy (non-hydrogen) atoms. The van der Waals surface area contributed by atoms with Crippen molar-refractivity contribution >= 4 is 0 Å². The summed E-state index contributed by atoms with van der Waals surface area (Å²) in [6.45, 7) is 2.82. The van der Waals surface area contributed by atoms with Crippen LogP contribution < -0.4 is 16.2 Å². The van der Waals surface area contributed by atoms with Gasteiger partial charge in [-0.05, 0) is 37.0 Å². The van der Waals surface area contributed by atoms with E-state index in [1.807, 2.05) is 13.0 Å². The molecule has 0 saturated carbocycles. The standard InChI is InChI=1S/C13H20N2O/c1-9(14)2-4-12(15)10-3-5-13-11(8-10)6-7-16-13/h3,5,8-9,12H,2,4,6-7,14-15H2,1H3. The summed E-state index contributed by atoms with van der Waals surface area (Å²) in [5, 5.41) is 0. The highest BCUT2D eigenvalue weighted by atomic mass is 16.5. The highest BCUT2D eigenvalue weighted by molar-refractivity contribution is 5.40. The topological polar surface area (TPSA) is 61.3 Å². The Morgan fingerprint density at radius 2 is 2.12 bits per heavy atom. The molecular formula is C13H20N2O. The average molecular weight is 220 g/mol. The number of hydrogen-bond acceptors (Lipinski definition) is 3. The summed E-state index contributed by atoms with van der Waals surface area (Å²) in [5.74, 6) is 1.02. The first kappa shape index (κ1) is 11.4. The molecule has 0 amide bonds. The number of hydrogen-bond donors (Lipinski definition) is 2. The summed E-state index contributed by atoms with van der Waals surface area (Å²) in [5.41, 5.74) is 14.4. The van der Waals surface area contributed by atoms with Gasteiger partial charge < -0.3 is 16.2 Å². The lowest BCUT2D eigenvalue weighted by atomic mass is 9.98. The fraction of sp³-hybridized carbons (Fsp3) is 0.538. The van der Waals surface area contributed by atoms with Crippen molar-refractivity contribution in [2.24, 2.45) is 11.5 Å². The molecule has 3 nitrogen and oxygen atoms in total. The first-order valence-corrected chi connectivity index (χ1v) is 5.93. The van der Waals surface area contributed by atoms with E-state index >= 15 is 0 Å². The van der Waals surface area contributed by atoms with Crippen LogP contribution >= 0.6 is 0 Å². The fourth-order valence-electron chi connectivity index (χ4n) is 2.05. The van der Waals surface area contributed by atoms with Crippen molar-refractivity contribution in [1.29, 1.82) is 0 Å². The van der Waals surface area contributed by atoms with Crippen molar-refractivity contribution in [3.8, 4) is 5.75 Å². The second-order valence-electron chi connectivity index (χ2n) is 4.63. The minimum Gasteiger partial charge on any atom is -0.493 e. The van der Waals surface area contributed by atoms with Crippen LogP contribution in [0.25, 0.3) is 0 Å². The van der Waals surface area contributed by atoms with E-state index in [1.165, 1.54) is 11.1 Å². The van der Waals surface area contributed by atoms with Crippen LogP contribution in [0.1, 0.15) is 36.9 Å². The Bertz CT molecular complexity index is 363. The van der Waals surface area contributed by atoms with Gasteiger partial charge >= 0.3 is 0 Å². The van der Waals surface area contributed by atoms with E-state index < -0.39 is 0 Å². The predicted octanol–water partition coefficient (Wildman–Crippen LogP) is 1.75. The summed E-state index contributed by atoms with van der Waals surface area (Å²) in [6, 6.07) is 6.59. The van der Waals surface area contributed by atoms with Crippen LogP contribution in [0, 0.1) is 0 Å². The van der Waals surface area contributed by atoms with E-state index in [0.717, 1.165) is 31.6 Å². The molecule has 1 aromatic carbocycles. The van der Waals surface area contributed by atoms with E-state index in [4.69, 9.17) is 16.2 Å². The third kappa shape index (κ3) is 2.54. The van der Waals surface area contributed by atoms with Crippen LogP contribution in [0.3, 0.4) is 0 Å². The molecule has 88 valence electrons. The third-order valence-corrected chi connectivity index (χ3v) is 3.07. The van der Waals surface area contributed by atoms with E-state index in [2.05, 4.69) is 12.1 Å². The van der Waals surface area contributed by atoms with Gasteiger partial charge in [-0.2, -0.15) is 0 Å². The monoisotopic (exact) mass is 220 g/mol. The molecule has 0 aliphatic carbocycles. The molecule has 3 heteroatoms. The normalized spacial score (nSPS) is 17.7. The molecule has 1 aliphatic rings.